The predicted molar refractivity (Wildman–Crippen MR) is 76.5 cm³/mol. The normalized spacial score (nSPS) is 18.8. The van der Waals surface area contributed by atoms with Crippen molar-refractivity contribution in [2.45, 2.75) is 38.5 Å². The largest absolute Gasteiger partial charge is 0.481 e. The molecular formula is C16H23NO2. The van der Waals surface area contributed by atoms with E-state index < -0.39 is 11.9 Å². The first-order chi connectivity index (χ1) is 9.16. The molecule has 1 atom stereocenters. The maximum Gasteiger partial charge on any atom is 0.312 e. The van der Waals surface area contributed by atoms with Gasteiger partial charge in [-0.3, -0.25) is 4.79 Å². The summed E-state index contributed by atoms with van der Waals surface area (Å²) in [6.45, 7) is 4.73. The summed E-state index contributed by atoms with van der Waals surface area (Å²) < 4.78 is 0. The Labute approximate surface area is 115 Å². The summed E-state index contributed by atoms with van der Waals surface area (Å²) in [7, 11) is 0. The van der Waals surface area contributed by atoms with Crippen molar-refractivity contribution in [2.75, 3.05) is 19.6 Å². The molecule has 2 rings (SSSR count). The SMILES string of the molecule is Cc1ccc(C(CN2CCCCCC2)C(=O)O)cc1. The van der Waals surface area contributed by atoms with Gasteiger partial charge in [0, 0.05) is 6.54 Å². The van der Waals surface area contributed by atoms with Crippen LogP contribution in [0.5, 0.6) is 0 Å². The molecule has 0 bridgehead atoms. The van der Waals surface area contributed by atoms with E-state index in [1.807, 2.05) is 31.2 Å². The summed E-state index contributed by atoms with van der Waals surface area (Å²) in [5, 5.41) is 9.47. The smallest absolute Gasteiger partial charge is 0.312 e. The van der Waals surface area contributed by atoms with Crippen LogP contribution in [0.3, 0.4) is 0 Å². The van der Waals surface area contributed by atoms with Crippen LogP contribution in [0.15, 0.2) is 24.3 Å². The number of nitrogens with zero attached hydrogens (tertiary/aromatic N) is 1. The number of aryl methyl sites for hydroxylation is 1. The molecule has 1 N–H and O–H groups in total. The first-order valence-corrected chi connectivity index (χ1v) is 7.18. The first-order valence-electron chi connectivity index (χ1n) is 7.18. The number of carbonyl (C=O) groups is 1. The minimum Gasteiger partial charge on any atom is -0.481 e. The highest BCUT2D eigenvalue weighted by Crippen LogP contribution is 2.20. The van der Waals surface area contributed by atoms with E-state index in [1.165, 1.54) is 31.2 Å². The average Bonchev–Trinajstić information content (AvgIpc) is 2.65. The lowest BCUT2D eigenvalue weighted by atomic mass is 9.97. The fourth-order valence-electron chi connectivity index (χ4n) is 2.70. The Bertz CT molecular complexity index is 405. The second-order valence-electron chi connectivity index (χ2n) is 5.52. The van der Waals surface area contributed by atoms with Crippen LogP contribution in [-0.4, -0.2) is 35.6 Å². The van der Waals surface area contributed by atoms with Crippen molar-refractivity contribution >= 4 is 5.97 Å². The van der Waals surface area contributed by atoms with Crippen molar-refractivity contribution < 1.29 is 9.90 Å². The first kappa shape index (κ1) is 14.1. The van der Waals surface area contributed by atoms with Crippen LogP contribution in [0.25, 0.3) is 0 Å². The van der Waals surface area contributed by atoms with Gasteiger partial charge in [0.2, 0.25) is 0 Å². The zero-order chi connectivity index (χ0) is 13.7. The molecule has 1 saturated heterocycles. The van der Waals surface area contributed by atoms with Gasteiger partial charge in [0.15, 0.2) is 0 Å². The molecule has 0 spiro atoms. The number of likely N-dealkylation sites (tertiary alicyclic amines) is 1. The van der Waals surface area contributed by atoms with Crippen LogP contribution in [0, 0.1) is 6.92 Å². The molecule has 0 radical (unpaired) electrons. The number of rotatable bonds is 4. The van der Waals surface area contributed by atoms with Gasteiger partial charge < -0.3 is 10.0 Å². The third-order valence-corrected chi connectivity index (χ3v) is 3.92. The molecule has 1 unspecified atom stereocenters. The topological polar surface area (TPSA) is 40.5 Å². The van der Waals surface area contributed by atoms with E-state index in [0.29, 0.717) is 6.54 Å². The minimum atomic E-state index is -0.715. The maximum absolute atomic E-state index is 11.5. The lowest BCUT2D eigenvalue weighted by Crippen LogP contribution is -2.32. The van der Waals surface area contributed by atoms with Crippen molar-refractivity contribution in [1.82, 2.24) is 4.90 Å². The third-order valence-electron chi connectivity index (χ3n) is 3.92. The third kappa shape index (κ3) is 4.06. The van der Waals surface area contributed by atoms with E-state index in [4.69, 9.17) is 0 Å². The average molecular weight is 261 g/mol. The molecule has 19 heavy (non-hydrogen) atoms. The molecule has 1 aliphatic rings. The highest BCUT2D eigenvalue weighted by Gasteiger charge is 2.23. The van der Waals surface area contributed by atoms with Gasteiger partial charge in [0.25, 0.3) is 0 Å². The van der Waals surface area contributed by atoms with E-state index in [0.717, 1.165) is 18.7 Å². The lowest BCUT2D eigenvalue weighted by molar-refractivity contribution is -0.139. The quantitative estimate of drug-likeness (QED) is 0.905. The Kier molecular flexibility index (Phi) is 4.97. The Balaban J connectivity index is 2.07. The van der Waals surface area contributed by atoms with Crippen molar-refractivity contribution in [3.05, 3.63) is 35.4 Å². The second-order valence-corrected chi connectivity index (χ2v) is 5.52. The van der Waals surface area contributed by atoms with Gasteiger partial charge in [-0.1, -0.05) is 42.7 Å². The van der Waals surface area contributed by atoms with Crippen LogP contribution < -0.4 is 0 Å². The lowest BCUT2D eigenvalue weighted by Gasteiger charge is -2.24. The zero-order valence-electron chi connectivity index (χ0n) is 11.6. The fourth-order valence-corrected chi connectivity index (χ4v) is 2.70. The molecule has 1 aromatic carbocycles. The molecule has 1 aliphatic heterocycles. The Morgan fingerprint density at radius 1 is 1.16 bits per heavy atom. The van der Waals surface area contributed by atoms with E-state index in [-0.39, 0.29) is 0 Å². The molecular weight excluding hydrogens is 238 g/mol. The highest BCUT2D eigenvalue weighted by atomic mass is 16.4. The highest BCUT2D eigenvalue weighted by molar-refractivity contribution is 5.76. The molecule has 0 aliphatic carbocycles. The minimum absolute atomic E-state index is 0.404. The van der Waals surface area contributed by atoms with Crippen LogP contribution >= 0.6 is 0 Å². The van der Waals surface area contributed by atoms with Gasteiger partial charge in [-0.15, -0.1) is 0 Å². The molecule has 0 aromatic heterocycles. The van der Waals surface area contributed by atoms with Gasteiger partial charge in [-0.2, -0.15) is 0 Å². The van der Waals surface area contributed by atoms with Crippen molar-refractivity contribution in [3.8, 4) is 0 Å². The molecule has 1 aromatic rings. The van der Waals surface area contributed by atoms with Gasteiger partial charge in [0.05, 0.1) is 5.92 Å². The van der Waals surface area contributed by atoms with Crippen molar-refractivity contribution in [3.63, 3.8) is 0 Å². The summed E-state index contributed by atoms with van der Waals surface area (Å²) in [4.78, 5) is 13.8. The van der Waals surface area contributed by atoms with Gasteiger partial charge >= 0.3 is 5.97 Å². The Morgan fingerprint density at radius 2 is 1.74 bits per heavy atom. The molecule has 1 heterocycles. The molecule has 0 amide bonds. The Hall–Kier alpha value is -1.35. The maximum atomic E-state index is 11.5. The number of aliphatic carboxylic acids is 1. The monoisotopic (exact) mass is 261 g/mol. The molecule has 0 saturated carbocycles. The number of benzene rings is 1. The predicted octanol–water partition coefficient (Wildman–Crippen LogP) is 3.04. The van der Waals surface area contributed by atoms with Gasteiger partial charge in [-0.25, -0.2) is 0 Å². The summed E-state index contributed by atoms with van der Waals surface area (Å²) in [5.74, 6) is -1.12. The van der Waals surface area contributed by atoms with Gasteiger partial charge in [-0.05, 0) is 38.4 Å². The summed E-state index contributed by atoms with van der Waals surface area (Å²) in [6, 6.07) is 7.89. The number of carboxylic acid groups (broad SMARTS) is 1. The van der Waals surface area contributed by atoms with Crippen LogP contribution in [0.2, 0.25) is 0 Å². The second kappa shape index (κ2) is 6.71. The van der Waals surface area contributed by atoms with Crippen molar-refractivity contribution in [2.24, 2.45) is 0 Å². The zero-order valence-corrected chi connectivity index (χ0v) is 11.6. The molecule has 3 heteroatoms. The summed E-state index contributed by atoms with van der Waals surface area (Å²) in [6.07, 6.45) is 4.94. The van der Waals surface area contributed by atoms with Crippen LogP contribution in [-0.2, 0) is 4.79 Å². The van der Waals surface area contributed by atoms with E-state index in [1.54, 1.807) is 0 Å². The summed E-state index contributed by atoms with van der Waals surface area (Å²) >= 11 is 0. The van der Waals surface area contributed by atoms with Crippen LogP contribution in [0.4, 0.5) is 0 Å². The molecule has 1 fully saturated rings. The molecule has 104 valence electrons. The fraction of sp³-hybridized carbons (Fsp3) is 0.562. The Morgan fingerprint density at radius 3 is 2.26 bits per heavy atom. The van der Waals surface area contributed by atoms with Crippen molar-refractivity contribution in [1.29, 1.82) is 0 Å². The van der Waals surface area contributed by atoms with Crippen LogP contribution in [0.1, 0.15) is 42.7 Å². The summed E-state index contributed by atoms with van der Waals surface area (Å²) in [5.41, 5.74) is 2.09. The number of hydrogen-bond acceptors (Lipinski definition) is 2. The van der Waals surface area contributed by atoms with Gasteiger partial charge in [0.1, 0.15) is 0 Å². The van der Waals surface area contributed by atoms with E-state index in [9.17, 15) is 9.90 Å². The van der Waals surface area contributed by atoms with E-state index >= 15 is 0 Å². The number of hydrogen-bond donors (Lipinski definition) is 1. The number of carboxylic acids is 1. The standard InChI is InChI=1S/C16H23NO2/c1-13-6-8-14(9-7-13)15(16(18)19)12-17-10-4-2-3-5-11-17/h6-9,15H,2-5,10-12H2,1H3,(H,18,19). The molecule has 3 nitrogen and oxygen atoms in total. The van der Waals surface area contributed by atoms with E-state index in [2.05, 4.69) is 4.90 Å².